The molecule has 2 aromatic heterocycles. The predicted molar refractivity (Wildman–Crippen MR) is 220 cm³/mol. The van der Waals surface area contributed by atoms with Crippen molar-refractivity contribution in [2.24, 2.45) is 11.8 Å². The van der Waals surface area contributed by atoms with Gasteiger partial charge in [-0.25, -0.2) is 19.6 Å². The van der Waals surface area contributed by atoms with Crippen LogP contribution in [0.25, 0.3) is 33.6 Å². The SMILES string of the molecule is CCCN(C(=O)C(NC(=O)OC)C(C)C)C(C)c1ncc(-c2ccc3c(c2)Cc2cc(-c4cnc(C(C)N(CCC)C(O)C(NC(=O)OC)C(C)C)[nH]4)ccc2-3)[nH]1. The van der Waals surface area contributed by atoms with Gasteiger partial charge in [0.2, 0.25) is 5.91 Å². The van der Waals surface area contributed by atoms with Crippen molar-refractivity contribution in [2.75, 3.05) is 27.3 Å². The summed E-state index contributed by atoms with van der Waals surface area (Å²) in [4.78, 5) is 58.0. The van der Waals surface area contributed by atoms with Crippen LogP contribution in [0.5, 0.6) is 0 Å². The second-order valence-electron chi connectivity index (χ2n) is 15.6. The summed E-state index contributed by atoms with van der Waals surface area (Å²) in [6.45, 7) is 16.8. The molecule has 5 atom stereocenters. The lowest BCUT2D eigenvalue weighted by Gasteiger charge is -2.38. The number of nitrogens with one attached hydrogen (secondary N) is 4. The molecule has 0 saturated heterocycles. The number of hydrogen-bond acceptors (Lipinski definition) is 9. The highest BCUT2D eigenvalue weighted by Crippen LogP contribution is 2.40. The van der Waals surface area contributed by atoms with E-state index in [0.717, 1.165) is 47.6 Å². The zero-order valence-electron chi connectivity index (χ0n) is 35.0. The number of aromatic amines is 2. The summed E-state index contributed by atoms with van der Waals surface area (Å²) in [6, 6.07) is 11.1. The molecule has 57 heavy (non-hydrogen) atoms. The summed E-state index contributed by atoms with van der Waals surface area (Å²) in [5.41, 5.74) is 8.56. The van der Waals surface area contributed by atoms with Crippen LogP contribution in [0, 0.1) is 11.8 Å². The highest BCUT2D eigenvalue weighted by molar-refractivity contribution is 5.86. The molecule has 0 radical (unpaired) electrons. The number of carbonyl (C=O) groups is 3. The van der Waals surface area contributed by atoms with E-state index in [4.69, 9.17) is 19.4 Å². The van der Waals surface area contributed by atoms with Gasteiger partial charge in [0.05, 0.1) is 56.1 Å². The molecule has 2 heterocycles. The summed E-state index contributed by atoms with van der Waals surface area (Å²) in [7, 11) is 2.60. The minimum absolute atomic E-state index is 0.0364. The summed E-state index contributed by atoms with van der Waals surface area (Å²) in [5, 5.41) is 17.0. The van der Waals surface area contributed by atoms with Crippen LogP contribution in [-0.2, 0) is 20.7 Å². The maximum absolute atomic E-state index is 13.7. The van der Waals surface area contributed by atoms with Crippen molar-refractivity contribution in [3.8, 4) is 33.6 Å². The molecular formula is C43H60N8O6. The van der Waals surface area contributed by atoms with Crippen LogP contribution in [0.4, 0.5) is 9.59 Å². The van der Waals surface area contributed by atoms with Gasteiger partial charge >= 0.3 is 12.2 Å². The van der Waals surface area contributed by atoms with Crippen LogP contribution in [0.3, 0.4) is 0 Å². The van der Waals surface area contributed by atoms with Gasteiger partial charge in [-0.05, 0) is 90.5 Å². The van der Waals surface area contributed by atoms with Crippen molar-refractivity contribution in [1.82, 2.24) is 40.4 Å². The van der Waals surface area contributed by atoms with E-state index in [0.29, 0.717) is 18.9 Å². The standard InChI is InChI=1S/C43H60N8O6/c1-11-17-50(40(52)36(24(3)4)48-42(54)56-9)26(7)38-44-22-34(46-38)28-13-15-32-30(19-28)21-31-20-29(14-16-33(31)32)35-23-45-39(47-35)27(8)51(18-12-2)41(53)37(25(5)6)49-43(55)57-10/h13-16,19-20,22-27,36-37,40,52H,11-12,17-18,21H2,1-10H3,(H,44,46)(H,45,47)(H,48,54)(H,49,55). The van der Waals surface area contributed by atoms with Crippen molar-refractivity contribution in [2.45, 2.75) is 105 Å². The predicted octanol–water partition coefficient (Wildman–Crippen LogP) is 7.19. The molecule has 5 rings (SSSR count). The third kappa shape index (κ3) is 9.50. The molecular weight excluding hydrogens is 725 g/mol. The van der Waals surface area contributed by atoms with E-state index in [-0.39, 0.29) is 29.8 Å². The smallest absolute Gasteiger partial charge is 0.407 e. The zero-order valence-corrected chi connectivity index (χ0v) is 35.0. The Labute approximate surface area is 336 Å². The Kier molecular flexibility index (Phi) is 14.2. The first kappa shape index (κ1) is 42.9. The number of carbonyl (C=O) groups excluding carboxylic acids is 3. The number of fused-ring (bicyclic) bond motifs is 3. The fourth-order valence-electron chi connectivity index (χ4n) is 7.66. The fourth-order valence-corrected chi connectivity index (χ4v) is 7.66. The number of aliphatic hydroxyl groups is 1. The minimum Gasteiger partial charge on any atom is -0.453 e. The molecule has 0 spiro atoms. The van der Waals surface area contributed by atoms with Gasteiger partial charge in [0, 0.05) is 13.1 Å². The summed E-state index contributed by atoms with van der Waals surface area (Å²) in [6.07, 6.45) is 3.80. The molecule has 14 nitrogen and oxygen atoms in total. The molecule has 0 fully saturated rings. The number of hydrogen-bond donors (Lipinski definition) is 5. The zero-order chi connectivity index (χ0) is 41.6. The minimum atomic E-state index is -0.952. The lowest BCUT2D eigenvalue weighted by molar-refractivity contribution is -0.136. The van der Waals surface area contributed by atoms with Crippen molar-refractivity contribution in [3.05, 3.63) is 71.6 Å². The van der Waals surface area contributed by atoms with E-state index in [1.165, 1.54) is 36.5 Å². The topological polar surface area (TPSA) is 178 Å². The Morgan fingerprint density at radius 1 is 0.754 bits per heavy atom. The molecule has 1 aliphatic rings. The molecule has 5 N–H and O–H groups in total. The number of imidazole rings is 2. The Balaban J connectivity index is 1.32. The highest BCUT2D eigenvalue weighted by Gasteiger charge is 2.35. The number of rotatable bonds is 17. The third-order valence-electron chi connectivity index (χ3n) is 10.9. The van der Waals surface area contributed by atoms with Gasteiger partial charge < -0.3 is 40.1 Å². The number of ether oxygens (including phenoxy) is 2. The normalized spacial score (nSPS) is 14.8. The second kappa shape index (κ2) is 18.8. The van der Waals surface area contributed by atoms with Gasteiger partial charge in [-0.15, -0.1) is 0 Å². The fraction of sp³-hybridized carbons (Fsp3) is 0.512. The van der Waals surface area contributed by atoms with Crippen LogP contribution < -0.4 is 10.6 Å². The van der Waals surface area contributed by atoms with Gasteiger partial charge in [-0.1, -0.05) is 65.8 Å². The largest absolute Gasteiger partial charge is 0.453 e. The van der Waals surface area contributed by atoms with Crippen LogP contribution in [0.2, 0.25) is 0 Å². The van der Waals surface area contributed by atoms with E-state index < -0.39 is 30.5 Å². The van der Waals surface area contributed by atoms with Crippen LogP contribution in [0.1, 0.15) is 103 Å². The van der Waals surface area contributed by atoms with Crippen LogP contribution in [-0.4, -0.2) is 98.6 Å². The van der Waals surface area contributed by atoms with E-state index >= 15 is 0 Å². The average molecular weight is 785 g/mol. The summed E-state index contributed by atoms with van der Waals surface area (Å²) >= 11 is 0. The molecule has 4 aromatic rings. The van der Waals surface area contributed by atoms with Crippen LogP contribution >= 0.6 is 0 Å². The van der Waals surface area contributed by atoms with E-state index in [2.05, 4.69) is 63.9 Å². The Morgan fingerprint density at radius 3 is 1.74 bits per heavy atom. The molecule has 1 aliphatic carbocycles. The van der Waals surface area contributed by atoms with Crippen molar-refractivity contribution < 1.29 is 29.0 Å². The highest BCUT2D eigenvalue weighted by atomic mass is 16.5. The first-order chi connectivity index (χ1) is 27.2. The van der Waals surface area contributed by atoms with E-state index in [9.17, 15) is 19.5 Å². The van der Waals surface area contributed by atoms with Crippen molar-refractivity contribution in [1.29, 1.82) is 0 Å². The first-order valence-corrected chi connectivity index (χ1v) is 20.0. The lowest BCUT2D eigenvalue weighted by Crippen LogP contribution is -2.55. The van der Waals surface area contributed by atoms with Gasteiger partial charge in [0.15, 0.2) is 0 Å². The molecule has 14 heteroatoms. The number of H-pyrrole nitrogens is 2. The first-order valence-electron chi connectivity index (χ1n) is 20.0. The number of benzene rings is 2. The number of methoxy groups -OCH3 is 2. The molecule has 0 bridgehead atoms. The van der Waals surface area contributed by atoms with Gasteiger partial charge in [0.25, 0.3) is 0 Å². The second-order valence-corrected chi connectivity index (χ2v) is 15.6. The Hall–Kier alpha value is -5.21. The lowest BCUT2D eigenvalue weighted by atomic mass is 10.0. The van der Waals surface area contributed by atoms with Gasteiger partial charge in [0.1, 0.15) is 23.9 Å². The number of aliphatic hydroxyl groups excluding tert-OH is 1. The maximum atomic E-state index is 13.7. The van der Waals surface area contributed by atoms with E-state index in [1.807, 2.05) is 65.8 Å². The molecule has 0 aliphatic heterocycles. The monoisotopic (exact) mass is 784 g/mol. The Bertz CT molecular complexity index is 2010. The summed E-state index contributed by atoms with van der Waals surface area (Å²) in [5.74, 6) is 1.04. The van der Waals surface area contributed by atoms with Crippen LogP contribution in [0.15, 0.2) is 48.8 Å². The van der Waals surface area contributed by atoms with Crippen molar-refractivity contribution >= 4 is 18.1 Å². The van der Waals surface area contributed by atoms with Gasteiger partial charge in [-0.2, -0.15) is 0 Å². The third-order valence-corrected chi connectivity index (χ3v) is 10.9. The average Bonchev–Trinajstić information content (AvgIpc) is 3.97. The molecule has 0 saturated carbocycles. The number of amides is 3. The number of alkyl carbamates (subject to hydrolysis) is 2. The van der Waals surface area contributed by atoms with Gasteiger partial charge in [-0.3, -0.25) is 9.69 Å². The molecule has 308 valence electrons. The molecule has 2 aromatic carbocycles. The maximum Gasteiger partial charge on any atom is 0.407 e. The number of nitrogens with zero attached hydrogens (tertiary/aromatic N) is 4. The number of aromatic nitrogens is 4. The van der Waals surface area contributed by atoms with Crippen molar-refractivity contribution in [3.63, 3.8) is 0 Å². The molecule has 5 unspecified atom stereocenters. The quantitative estimate of drug-likeness (QED) is 0.0611. The van der Waals surface area contributed by atoms with E-state index in [1.54, 1.807) is 4.90 Å². The Morgan fingerprint density at radius 2 is 1.26 bits per heavy atom. The molecule has 3 amide bonds. The summed E-state index contributed by atoms with van der Waals surface area (Å²) < 4.78 is 9.61.